The van der Waals surface area contributed by atoms with Gasteiger partial charge >= 0.3 is 0 Å². The Kier molecular flexibility index (Phi) is 3.05. The van der Waals surface area contributed by atoms with Crippen LogP contribution in [0.15, 0.2) is 0 Å². The maximum Gasteiger partial charge on any atom is 0.213 e. The molecule has 2 atom stereocenters. The van der Waals surface area contributed by atoms with Crippen LogP contribution in [0.5, 0.6) is 0 Å². The van der Waals surface area contributed by atoms with Crippen molar-refractivity contribution in [2.45, 2.75) is 38.8 Å². The summed E-state index contributed by atoms with van der Waals surface area (Å²) in [6.07, 6.45) is 2.32. The van der Waals surface area contributed by atoms with E-state index in [4.69, 9.17) is 0 Å². The lowest BCUT2D eigenvalue weighted by Gasteiger charge is -2.39. The van der Waals surface area contributed by atoms with Gasteiger partial charge in [0, 0.05) is 25.2 Å². The van der Waals surface area contributed by atoms with Gasteiger partial charge in [-0.1, -0.05) is 6.92 Å². The van der Waals surface area contributed by atoms with Crippen molar-refractivity contribution in [3.63, 3.8) is 0 Å². The van der Waals surface area contributed by atoms with Gasteiger partial charge in [-0.3, -0.25) is 4.90 Å². The van der Waals surface area contributed by atoms with Crippen LogP contribution in [-0.4, -0.2) is 55.1 Å². The van der Waals surface area contributed by atoms with E-state index in [0.717, 1.165) is 19.4 Å². The summed E-state index contributed by atoms with van der Waals surface area (Å²) in [5.41, 5.74) is 0. The summed E-state index contributed by atoms with van der Waals surface area (Å²) >= 11 is 0. The normalized spacial score (nSPS) is 33.5. The van der Waals surface area contributed by atoms with E-state index < -0.39 is 10.0 Å². The summed E-state index contributed by atoms with van der Waals surface area (Å²) in [7, 11) is -2.97. The molecule has 2 heterocycles. The minimum Gasteiger partial charge on any atom is -0.295 e. The average Bonchev–Trinajstić information content (AvgIpc) is 2.46. The van der Waals surface area contributed by atoms with Crippen LogP contribution >= 0.6 is 0 Å². The summed E-state index contributed by atoms with van der Waals surface area (Å²) < 4.78 is 25.2. The third-order valence-corrected chi connectivity index (χ3v) is 5.54. The summed E-state index contributed by atoms with van der Waals surface area (Å²) in [5, 5.41) is 0. The standard InChI is InChI=1S/C10H20N2O2S/c1-3-12-9-5-6-10(12)8-11(7-9)15(13,14)4-2/h9-10H,3-8H2,1-2H3. The lowest BCUT2D eigenvalue weighted by molar-refractivity contribution is 0.117. The van der Waals surface area contributed by atoms with Crippen molar-refractivity contribution < 1.29 is 8.42 Å². The Balaban J connectivity index is 2.12. The van der Waals surface area contributed by atoms with E-state index >= 15 is 0 Å². The number of likely N-dealkylation sites (N-methyl/N-ethyl adjacent to an activating group) is 1. The molecule has 0 spiro atoms. The molecule has 2 bridgehead atoms. The Labute approximate surface area is 92.3 Å². The second kappa shape index (κ2) is 4.03. The van der Waals surface area contributed by atoms with Crippen LogP contribution in [0.1, 0.15) is 26.7 Å². The molecule has 88 valence electrons. The molecular weight excluding hydrogens is 212 g/mol. The maximum atomic E-state index is 11.8. The van der Waals surface area contributed by atoms with Gasteiger partial charge in [0.25, 0.3) is 0 Å². The van der Waals surface area contributed by atoms with Crippen LogP contribution in [0.25, 0.3) is 0 Å². The molecule has 4 nitrogen and oxygen atoms in total. The summed E-state index contributed by atoms with van der Waals surface area (Å²) in [4.78, 5) is 2.46. The Hall–Kier alpha value is -0.130. The highest BCUT2D eigenvalue weighted by atomic mass is 32.2. The predicted molar refractivity (Wildman–Crippen MR) is 60.2 cm³/mol. The number of fused-ring (bicyclic) bond motifs is 2. The first kappa shape index (κ1) is 11.4. The molecular formula is C10H20N2O2S. The fourth-order valence-corrected chi connectivity index (χ4v) is 4.04. The third kappa shape index (κ3) is 1.92. The zero-order valence-corrected chi connectivity index (χ0v) is 10.3. The first-order chi connectivity index (χ1) is 7.08. The van der Waals surface area contributed by atoms with Crippen molar-refractivity contribution in [1.29, 1.82) is 0 Å². The van der Waals surface area contributed by atoms with Crippen molar-refractivity contribution in [3.8, 4) is 0 Å². The molecule has 2 rings (SSSR count). The van der Waals surface area contributed by atoms with Crippen LogP contribution in [0.3, 0.4) is 0 Å². The van der Waals surface area contributed by atoms with Gasteiger partial charge in [-0.25, -0.2) is 8.42 Å². The van der Waals surface area contributed by atoms with Gasteiger partial charge in [0.05, 0.1) is 5.75 Å². The lowest BCUT2D eigenvalue weighted by atomic mass is 10.2. The van der Waals surface area contributed by atoms with Gasteiger partial charge in [-0.05, 0) is 26.3 Å². The molecule has 0 aromatic carbocycles. The van der Waals surface area contributed by atoms with Crippen LogP contribution < -0.4 is 0 Å². The molecule has 0 radical (unpaired) electrons. The second-order valence-electron chi connectivity index (χ2n) is 4.43. The van der Waals surface area contributed by atoms with Gasteiger partial charge in [0.15, 0.2) is 0 Å². The molecule has 0 aromatic heterocycles. The molecule has 2 saturated heterocycles. The zero-order chi connectivity index (χ0) is 11.1. The monoisotopic (exact) mass is 232 g/mol. The minimum absolute atomic E-state index is 0.235. The van der Waals surface area contributed by atoms with Gasteiger partial charge in [-0.2, -0.15) is 4.31 Å². The molecule has 0 amide bonds. The molecule has 2 unspecified atom stereocenters. The number of piperazine rings is 1. The van der Waals surface area contributed by atoms with Gasteiger partial charge in [0.2, 0.25) is 10.0 Å². The largest absolute Gasteiger partial charge is 0.295 e. The highest BCUT2D eigenvalue weighted by Crippen LogP contribution is 2.30. The van der Waals surface area contributed by atoms with Gasteiger partial charge in [0.1, 0.15) is 0 Å². The smallest absolute Gasteiger partial charge is 0.213 e. The number of hydrogen-bond donors (Lipinski definition) is 0. The van der Waals surface area contributed by atoms with E-state index in [2.05, 4.69) is 11.8 Å². The zero-order valence-electron chi connectivity index (χ0n) is 9.52. The molecule has 2 aliphatic rings. The van der Waals surface area contributed by atoms with Gasteiger partial charge in [-0.15, -0.1) is 0 Å². The molecule has 15 heavy (non-hydrogen) atoms. The molecule has 0 aliphatic carbocycles. The molecule has 2 aliphatic heterocycles. The third-order valence-electron chi connectivity index (χ3n) is 3.72. The fraction of sp³-hybridized carbons (Fsp3) is 1.00. The highest BCUT2D eigenvalue weighted by molar-refractivity contribution is 7.89. The fourth-order valence-electron chi connectivity index (χ4n) is 2.88. The van der Waals surface area contributed by atoms with E-state index in [0.29, 0.717) is 25.2 Å². The SMILES string of the molecule is CCN1C2CCC1CN(S(=O)(=O)CC)C2. The van der Waals surface area contributed by atoms with Crippen LogP contribution in [-0.2, 0) is 10.0 Å². The molecule has 0 saturated carbocycles. The summed E-state index contributed by atoms with van der Waals surface area (Å²) in [5.74, 6) is 0.235. The lowest BCUT2D eigenvalue weighted by Crippen LogP contribution is -2.55. The van der Waals surface area contributed by atoms with Crippen molar-refractivity contribution in [2.24, 2.45) is 0 Å². The van der Waals surface area contributed by atoms with E-state index in [1.54, 1.807) is 11.2 Å². The van der Waals surface area contributed by atoms with E-state index in [1.807, 2.05) is 0 Å². The predicted octanol–water partition coefficient (Wildman–Crippen LogP) is 0.505. The van der Waals surface area contributed by atoms with E-state index in [9.17, 15) is 8.42 Å². The Bertz CT molecular complexity index is 314. The quantitative estimate of drug-likeness (QED) is 0.711. The highest BCUT2D eigenvalue weighted by Gasteiger charge is 2.41. The Morgan fingerprint density at radius 1 is 1.13 bits per heavy atom. The number of nitrogens with zero attached hydrogens (tertiary/aromatic N) is 2. The van der Waals surface area contributed by atoms with Gasteiger partial charge < -0.3 is 0 Å². The van der Waals surface area contributed by atoms with Crippen molar-refractivity contribution in [3.05, 3.63) is 0 Å². The first-order valence-electron chi connectivity index (χ1n) is 5.82. The molecule has 5 heteroatoms. The van der Waals surface area contributed by atoms with Crippen LogP contribution in [0.2, 0.25) is 0 Å². The molecule has 0 aromatic rings. The van der Waals surface area contributed by atoms with E-state index in [-0.39, 0.29) is 5.75 Å². The minimum atomic E-state index is -2.97. The Morgan fingerprint density at radius 2 is 1.67 bits per heavy atom. The topological polar surface area (TPSA) is 40.6 Å². The molecule has 0 N–H and O–H groups in total. The summed E-state index contributed by atoms with van der Waals surface area (Å²) in [6, 6.07) is 0.935. The van der Waals surface area contributed by atoms with Crippen molar-refractivity contribution >= 4 is 10.0 Å². The summed E-state index contributed by atoms with van der Waals surface area (Å²) in [6.45, 7) is 6.36. The number of hydrogen-bond acceptors (Lipinski definition) is 3. The average molecular weight is 232 g/mol. The van der Waals surface area contributed by atoms with Crippen LogP contribution in [0, 0.1) is 0 Å². The Morgan fingerprint density at radius 3 is 2.07 bits per heavy atom. The first-order valence-corrected chi connectivity index (χ1v) is 7.43. The molecule has 2 fully saturated rings. The number of rotatable bonds is 3. The second-order valence-corrected chi connectivity index (χ2v) is 6.69. The van der Waals surface area contributed by atoms with Crippen molar-refractivity contribution in [1.82, 2.24) is 9.21 Å². The van der Waals surface area contributed by atoms with Crippen molar-refractivity contribution in [2.75, 3.05) is 25.4 Å². The van der Waals surface area contributed by atoms with Crippen LogP contribution in [0.4, 0.5) is 0 Å². The van der Waals surface area contributed by atoms with E-state index in [1.165, 1.54) is 0 Å². The number of sulfonamides is 1. The maximum absolute atomic E-state index is 11.8.